The molecule has 1 N–H and O–H groups in total. The van der Waals surface area contributed by atoms with E-state index in [9.17, 15) is 0 Å². The molecule has 2 rings (SSSR count). The average Bonchev–Trinajstić information content (AvgIpc) is 2.38. The fourth-order valence-corrected chi connectivity index (χ4v) is 4.93. The molecule has 2 atom stereocenters. The molecule has 0 aromatic carbocycles. The van der Waals surface area contributed by atoms with Gasteiger partial charge in [-0.2, -0.15) is 23.5 Å². The molecule has 2 unspecified atom stereocenters. The Balaban J connectivity index is 1.76. The van der Waals surface area contributed by atoms with Crippen LogP contribution in [-0.2, 0) is 4.74 Å². The molecule has 0 saturated carbocycles. The summed E-state index contributed by atoms with van der Waals surface area (Å²) < 4.78 is 6.13. The lowest BCUT2D eigenvalue weighted by molar-refractivity contribution is -0.0932. The van der Waals surface area contributed by atoms with Crippen molar-refractivity contribution in [1.29, 1.82) is 0 Å². The lowest BCUT2D eigenvalue weighted by Crippen LogP contribution is -2.49. The molecule has 106 valence electrons. The van der Waals surface area contributed by atoms with E-state index in [1.807, 2.05) is 11.8 Å². The van der Waals surface area contributed by atoms with Crippen molar-refractivity contribution in [3.63, 3.8) is 0 Å². The van der Waals surface area contributed by atoms with Gasteiger partial charge in [0, 0.05) is 12.6 Å². The van der Waals surface area contributed by atoms with E-state index in [2.05, 4.69) is 30.3 Å². The van der Waals surface area contributed by atoms with E-state index in [4.69, 9.17) is 4.74 Å². The maximum atomic E-state index is 6.13. The summed E-state index contributed by atoms with van der Waals surface area (Å²) in [5, 5.41) is 3.78. The Morgan fingerprint density at radius 3 is 2.94 bits per heavy atom. The van der Waals surface area contributed by atoms with Gasteiger partial charge in [0.15, 0.2) is 0 Å². The molecule has 0 bridgehead atoms. The maximum Gasteiger partial charge on any atom is 0.0713 e. The quantitative estimate of drug-likeness (QED) is 0.839. The third-order valence-corrected chi connectivity index (χ3v) is 5.99. The van der Waals surface area contributed by atoms with Crippen LogP contribution in [0.2, 0.25) is 0 Å². The van der Waals surface area contributed by atoms with Crippen molar-refractivity contribution >= 4 is 23.5 Å². The van der Waals surface area contributed by atoms with Crippen LogP contribution < -0.4 is 5.32 Å². The van der Waals surface area contributed by atoms with Gasteiger partial charge < -0.3 is 10.1 Å². The second-order valence-corrected chi connectivity index (χ2v) is 7.94. The summed E-state index contributed by atoms with van der Waals surface area (Å²) >= 11 is 4.04. The standard InChI is InChI=1S/C14H27NOS2/c1-12(11-17-2)10-15-13-3-6-16-14(9-13)4-7-18-8-5-14/h12-13,15H,3-11H2,1-2H3. The number of hydrogen-bond acceptors (Lipinski definition) is 4. The molecule has 0 aromatic heterocycles. The first-order valence-electron chi connectivity index (χ1n) is 7.18. The molecule has 18 heavy (non-hydrogen) atoms. The molecule has 2 aliphatic heterocycles. The molecule has 4 heteroatoms. The number of nitrogens with one attached hydrogen (secondary N) is 1. The largest absolute Gasteiger partial charge is 0.375 e. The average molecular weight is 290 g/mol. The predicted octanol–water partition coefficient (Wildman–Crippen LogP) is 3.02. The molecule has 2 heterocycles. The van der Waals surface area contributed by atoms with Gasteiger partial charge in [0.1, 0.15) is 0 Å². The van der Waals surface area contributed by atoms with E-state index in [1.165, 1.54) is 42.9 Å². The summed E-state index contributed by atoms with van der Waals surface area (Å²) in [6.07, 6.45) is 7.15. The van der Waals surface area contributed by atoms with Crippen molar-refractivity contribution in [3.05, 3.63) is 0 Å². The van der Waals surface area contributed by atoms with Gasteiger partial charge in [0.2, 0.25) is 0 Å². The summed E-state index contributed by atoms with van der Waals surface area (Å²) in [5.74, 6) is 4.61. The third kappa shape index (κ3) is 4.32. The van der Waals surface area contributed by atoms with Gasteiger partial charge in [-0.15, -0.1) is 0 Å². The topological polar surface area (TPSA) is 21.3 Å². The summed E-state index contributed by atoms with van der Waals surface area (Å²) in [4.78, 5) is 0. The molecule has 0 aromatic rings. The van der Waals surface area contributed by atoms with Crippen LogP contribution in [-0.4, -0.2) is 48.3 Å². The normalized spacial score (nSPS) is 29.3. The second kappa shape index (κ2) is 7.41. The van der Waals surface area contributed by atoms with Crippen molar-refractivity contribution in [3.8, 4) is 0 Å². The van der Waals surface area contributed by atoms with Crippen molar-refractivity contribution < 1.29 is 4.74 Å². The van der Waals surface area contributed by atoms with Gasteiger partial charge in [-0.05, 0) is 61.7 Å². The molecule has 2 saturated heterocycles. The summed E-state index contributed by atoms with van der Waals surface area (Å²) in [7, 11) is 0. The van der Waals surface area contributed by atoms with E-state index in [0.29, 0.717) is 6.04 Å². The first kappa shape index (κ1) is 15.0. The molecule has 0 amide bonds. The van der Waals surface area contributed by atoms with Crippen molar-refractivity contribution in [1.82, 2.24) is 5.32 Å². The lowest BCUT2D eigenvalue weighted by atomic mass is 9.85. The zero-order chi connectivity index (χ0) is 12.8. The van der Waals surface area contributed by atoms with Crippen molar-refractivity contribution in [2.45, 2.75) is 44.2 Å². The minimum absolute atomic E-state index is 0.226. The fourth-order valence-electron chi connectivity index (χ4n) is 3.01. The van der Waals surface area contributed by atoms with Crippen LogP contribution in [0.1, 0.15) is 32.6 Å². The first-order chi connectivity index (χ1) is 8.74. The Labute approximate surface area is 120 Å². The number of rotatable bonds is 5. The molecule has 2 fully saturated rings. The second-order valence-electron chi connectivity index (χ2n) is 5.80. The van der Waals surface area contributed by atoms with Gasteiger partial charge in [0.25, 0.3) is 0 Å². The third-order valence-electron chi connectivity index (χ3n) is 4.10. The highest BCUT2D eigenvalue weighted by atomic mass is 32.2. The fraction of sp³-hybridized carbons (Fsp3) is 1.00. The summed E-state index contributed by atoms with van der Waals surface area (Å²) in [6.45, 7) is 4.46. The zero-order valence-corrected chi connectivity index (χ0v) is 13.4. The monoisotopic (exact) mass is 289 g/mol. The van der Waals surface area contributed by atoms with E-state index in [0.717, 1.165) is 19.1 Å². The molecular weight excluding hydrogens is 262 g/mol. The Morgan fingerprint density at radius 2 is 2.22 bits per heavy atom. The molecule has 2 nitrogen and oxygen atoms in total. The molecular formula is C14H27NOS2. The van der Waals surface area contributed by atoms with Crippen LogP contribution in [0, 0.1) is 5.92 Å². The van der Waals surface area contributed by atoms with Crippen molar-refractivity contribution in [2.75, 3.05) is 36.7 Å². The Morgan fingerprint density at radius 1 is 1.44 bits per heavy atom. The smallest absolute Gasteiger partial charge is 0.0713 e. The van der Waals surface area contributed by atoms with Crippen LogP contribution in [0.25, 0.3) is 0 Å². The molecule has 0 radical (unpaired) electrons. The first-order valence-corrected chi connectivity index (χ1v) is 9.73. The highest BCUT2D eigenvalue weighted by Gasteiger charge is 2.38. The van der Waals surface area contributed by atoms with Gasteiger partial charge in [0.05, 0.1) is 5.60 Å². The lowest BCUT2D eigenvalue weighted by Gasteiger charge is -2.43. The van der Waals surface area contributed by atoms with Gasteiger partial charge in [-0.25, -0.2) is 0 Å². The van der Waals surface area contributed by atoms with Gasteiger partial charge in [-0.3, -0.25) is 0 Å². The predicted molar refractivity (Wildman–Crippen MR) is 83.8 cm³/mol. The van der Waals surface area contributed by atoms with E-state index in [1.54, 1.807) is 0 Å². The van der Waals surface area contributed by atoms with Crippen molar-refractivity contribution in [2.24, 2.45) is 5.92 Å². The van der Waals surface area contributed by atoms with Crippen LogP contribution in [0.4, 0.5) is 0 Å². The highest BCUT2D eigenvalue weighted by molar-refractivity contribution is 7.99. The number of ether oxygens (including phenoxy) is 1. The van der Waals surface area contributed by atoms with Gasteiger partial charge >= 0.3 is 0 Å². The van der Waals surface area contributed by atoms with Gasteiger partial charge in [-0.1, -0.05) is 6.92 Å². The summed E-state index contributed by atoms with van der Waals surface area (Å²) in [5.41, 5.74) is 0.226. The SMILES string of the molecule is CSCC(C)CNC1CCOC2(CCSCC2)C1. The summed E-state index contributed by atoms with van der Waals surface area (Å²) in [6, 6.07) is 0.686. The van der Waals surface area contributed by atoms with E-state index < -0.39 is 0 Å². The van der Waals surface area contributed by atoms with Crippen LogP contribution in [0.3, 0.4) is 0 Å². The molecule has 1 spiro atoms. The zero-order valence-electron chi connectivity index (χ0n) is 11.7. The molecule has 2 aliphatic rings. The maximum absolute atomic E-state index is 6.13. The van der Waals surface area contributed by atoms with E-state index >= 15 is 0 Å². The highest BCUT2D eigenvalue weighted by Crippen LogP contribution is 2.37. The minimum atomic E-state index is 0.226. The Kier molecular flexibility index (Phi) is 6.19. The number of hydrogen-bond donors (Lipinski definition) is 1. The minimum Gasteiger partial charge on any atom is -0.375 e. The van der Waals surface area contributed by atoms with Crippen LogP contribution in [0.5, 0.6) is 0 Å². The Bertz CT molecular complexity index is 238. The van der Waals surface area contributed by atoms with Crippen LogP contribution >= 0.6 is 23.5 Å². The molecule has 0 aliphatic carbocycles. The Hall–Kier alpha value is 0.620. The van der Waals surface area contributed by atoms with E-state index in [-0.39, 0.29) is 5.60 Å². The van der Waals surface area contributed by atoms with Crippen LogP contribution in [0.15, 0.2) is 0 Å². The number of thioether (sulfide) groups is 2.